The van der Waals surface area contributed by atoms with Gasteiger partial charge >= 0.3 is 0 Å². The van der Waals surface area contributed by atoms with Crippen molar-refractivity contribution in [3.63, 3.8) is 0 Å². The zero-order valence-electron chi connectivity index (χ0n) is 52.4. The summed E-state index contributed by atoms with van der Waals surface area (Å²) >= 11 is 0. The first-order valence-corrected chi connectivity index (χ1v) is 27.9. The number of pyridine rings is 1. The second kappa shape index (κ2) is 18.4. The number of rotatable bonds is 6. The van der Waals surface area contributed by atoms with Crippen molar-refractivity contribution in [2.45, 2.75) is 66.1 Å². The molecule has 10 aromatic carbocycles. The number of para-hydroxylation sites is 2. The molecule has 5 heterocycles. The maximum Gasteiger partial charge on any atom is 0.269 e. The number of imidazole rings is 1. The molecule has 0 aliphatic carbocycles. The fraction of sp³-hybridized carbons (Fsp3) is 0.132. The highest BCUT2D eigenvalue weighted by Gasteiger charge is 2.30. The number of fused-ring (bicyclic) bond motifs is 13. The van der Waals surface area contributed by atoms with Gasteiger partial charge in [0, 0.05) is 42.0 Å². The van der Waals surface area contributed by atoms with E-state index in [-0.39, 0.29) is 27.5 Å². The minimum atomic E-state index is -2.67. The van der Waals surface area contributed by atoms with Crippen LogP contribution >= 0.6 is 0 Å². The summed E-state index contributed by atoms with van der Waals surface area (Å²) in [5, 5.41) is 4.04. The Hall–Kier alpha value is -9.78. The van der Waals surface area contributed by atoms with Crippen molar-refractivity contribution in [1.82, 2.24) is 14.1 Å². The van der Waals surface area contributed by atoms with Crippen LogP contribution in [0.4, 0.5) is 0 Å². The lowest BCUT2D eigenvalue weighted by Crippen LogP contribution is -2.32. The van der Waals surface area contributed by atoms with Crippen LogP contribution in [-0.4, -0.2) is 14.1 Å². The van der Waals surface area contributed by atoms with E-state index in [9.17, 15) is 0 Å². The van der Waals surface area contributed by atoms with E-state index < -0.39 is 13.7 Å². The number of furan rings is 1. The van der Waals surface area contributed by atoms with Crippen LogP contribution in [0.15, 0.2) is 223 Å². The molecule has 0 fully saturated rings. The fourth-order valence-corrected chi connectivity index (χ4v) is 12.4. The molecule has 0 bridgehead atoms. The van der Waals surface area contributed by atoms with E-state index in [2.05, 4.69) is 183 Å². The summed E-state index contributed by atoms with van der Waals surface area (Å²) in [4.78, 5) is 4.93. The number of aromatic nitrogens is 4. The molecular weight excluding hydrogens is 1000 g/mol. The van der Waals surface area contributed by atoms with Crippen molar-refractivity contribution in [2.75, 3.05) is 0 Å². The first-order chi connectivity index (χ1) is 42.2. The molecule has 1 aliphatic heterocycles. The molecule has 0 radical (unpaired) electrons. The maximum absolute atomic E-state index is 8.92. The van der Waals surface area contributed by atoms with Gasteiger partial charge in [-0.25, -0.2) is 4.98 Å². The van der Waals surface area contributed by atoms with Gasteiger partial charge < -0.3 is 9.15 Å². The highest BCUT2D eigenvalue weighted by Crippen LogP contribution is 2.49. The second-order valence-corrected chi connectivity index (χ2v) is 23.7. The summed E-state index contributed by atoms with van der Waals surface area (Å²) in [5.74, 6) is 2.11. The Morgan fingerprint density at radius 3 is 1.88 bits per heavy atom. The third-order valence-corrected chi connectivity index (χ3v) is 16.5. The van der Waals surface area contributed by atoms with Gasteiger partial charge in [0.1, 0.15) is 28.5 Å². The summed E-state index contributed by atoms with van der Waals surface area (Å²) < 4.78 is 73.5. The summed E-state index contributed by atoms with van der Waals surface area (Å²) in [6, 6.07) is 71.2. The second-order valence-electron chi connectivity index (χ2n) is 23.7. The lowest BCUT2D eigenvalue weighted by atomic mass is 9.83. The van der Waals surface area contributed by atoms with Crippen LogP contribution in [0.3, 0.4) is 0 Å². The van der Waals surface area contributed by atoms with Crippen LogP contribution in [0, 0.1) is 20.0 Å². The summed E-state index contributed by atoms with van der Waals surface area (Å²) in [5.41, 5.74) is 16.2. The zero-order valence-corrected chi connectivity index (χ0v) is 46.4. The molecule has 1 aliphatic rings. The van der Waals surface area contributed by atoms with Crippen molar-refractivity contribution >= 4 is 54.8 Å². The number of hydrogen-bond acceptors (Lipinski definition) is 3. The van der Waals surface area contributed by atoms with E-state index in [4.69, 9.17) is 22.4 Å². The Morgan fingerprint density at radius 1 is 0.476 bits per heavy atom. The van der Waals surface area contributed by atoms with E-state index in [1.54, 1.807) is 0 Å². The van der Waals surface area contributed by atoms with Crippen LogP contribution in [-0.2, 0) is 10.8 Å². The van der Waals surface area contributed by atoms with Gasteiger partial charge in [0.25, 0.3) is 6.33 Å². The molecule has 15 rings (SSSR count). The third kappa shape index (κ3) is 7.91. The average Bonchev–Trinajstić information content (AvgIpc) is 1.54. The SMILES string of the molecule is [2H]C([2H])([2H])c1cccc(C([2H])([2H])[2H])c1-c1cc(-c2ccc3oc4ccccc4c3c2)c2c(c1)-c1ccccc1-c1ccccc1-c1cc(C(C)(C)C)cc3c1[n+]-2[c-]n3-c1cccc(Oc2ccc3c4ccccc4n(-c4cc(C(C)(C)C)ccn4)c3c2)c1. The summed E-state index contributed by atoms with van der Waals surface area (Å²) in [6.07, 6.45) is 5.87. The van der Waals surface area contributed by atoms with E-state index in [1.165, 1.54) is 23.8 Å². The van der Waals surface area contributed by atoms with Crippen molar-refractivity contribution in [3.8, 4) is 84.3 Å². The molecule has 0 amide bonds. The fourth-order valence-electron chi connectivity index (χ4n) is 12.4. The minimum absolute atomic E-state index is 0.0508. The Morgan fingerprint density at radius 2 is 1.12 bits per heavy atom. The molecule has 82 heavy (non-hydrogen) atoms. The highest BCUT2D eigenvalue weighted by molar-refractivity contribution is 6.10. The first-order valence-electron chi connectivity index (χ1n) is 30.9. The Bertz CT molecular complexity index is 5170. The Balaban J connectivity index is 1.01. The first kappa shape index (κ1) is 43.1. The Kier molecular flexibility index (Phi) is 9.66. The van der Waals surface area contributed by atoms with E-state index in [1.807, 2.05) is 79.0 Å². The molecule has 0 saturated heterocycles. The number of nitrogens with zero attached hydrogens (tertiary/aromatic N) is 4. The third-order valence-electron chi connectivity index (χ3n) is 16.5. The van der Waals surface area contributed by atoms with Gasteiger partial charge in [0.15, 0.2) is 0 Å². The van der Waals surface area contributed by atoms with Crippen LogP contribution in [0.1, 0.15) is 72.0 Å². The number of benzene rings is 10. The topological polar surface area (TPSA) is 49.0 Å². The molecule has 0 N–H and O–H groups in total. The molecule has 396 valence electrons. The van der Waals surface area contributed by atoms with Gasteiger partial charge in [-0.2, -0.15) is 0 Å². The van der Waals surface area contributed by atoms with Gasteiger partial charge in [-0.3, -0.25) is 13.7 Å². The molecule has 6 nitrogen and oxygen atoms in total. The van der Waals surface area contributed by atoms with Gasteiger partial charge in [0.05, 0.1) is 33.4 Å². The van der Waals surface area contributed by atoms with Gasteiger partial charge in [-0.1, -0.05) is 163 Å². The predicted molar refractivity (Wildman–Crippen MR) is 337 cm³/mol. The van der Waals surface area contributed by atoms with E-state index in [0.29, 0.717) is 28.2 Å². The smallest absolute Gasteiger partial charge is 0.269 e. The van der Waals surface area contributed by atoms with E-state index in [0.717, 1.165) is 111 Å². The number of hydrogen-bond donors (Lipinski definition) is 0. The van der Waals surface area contributed by atoms with Crippen molar-refractivity contribution in [1.29, 1.82) is 0 Å². The Labute approximate surface area is 486 Å². The summed E-state index contributed by atoms with van der Waals surface area (Å²) in [6.45, 7) is 8.02. The molecule has 0 spiro atoms. The summed E-state index contributed by atoms with van der Waals surface area (Å²) in [7, 11) is 0. The molecular formula is C76H60N4O2. The number of aryl methyl sites for hydroxylation is 2. The lowest BCUT2D eigenvalue weighted by molar-refractivity contribution is -0.570. The molecule has 4 aromatic heterocycles. The van der Waals surface area contributed by atoms with Crippen LogP contribution in [0.2, 0.25) is 0 Å². The van der Waals surface area contributed by atoms with Gasteiger partial charge in [0.2, 0.25) is 0 Å². The van der Waals surface area contributed by atoms with Crippen LogP contribution in [0.5, 0.6) is 11.5 Å². The molecule has 6 heteroatoms. The quantitative estimate of drug-likeness (QED) is 0.123. The monoisotopic (exact) mass is 1070 g/mol. The molecule has 0 atom stereocenters. The number of ether oxygens (including phenoxy) is 1. The highest BCUT2D eigenvalue weighted by atomic mass is 16.5. The normalized spacial score (nSPS) is 13.8. The van der Waals surface area contributed by atoms with Gasteiger partial charge in [-0.15, -0.1) is 0 Å². The maximum atomic E-state index is 8.92. The predicted octanol–water partition coefficient (Wildman–Crippen LogP) is 19.8. The van der Waals surface area contributed by atoms with Crippen LogP contribution in [0.25, 0.3) is 128 Å². The largest absolute Gasteiger partial charge is 0.458 e. The van der Waals surface area contributed by atoms with Crippen molar-refractivity contribution in [3.05, 3.63) is 247 Å². The minimum Gasteiger partial charge on any atom is -0.458 e. The lowest BCUT2D eigenvalue weighted by Gasteiger charge is -2.23. The van der Waals surface area contributed by atoms with E-state index >= 15 is 0 Å². The standard InChI is InChI=1S/C76H60N4O2/c1-46-19-17-20-47(2)72(46)49-38-62(48-31-34-70-63(37-48)61-28-14-16-30-69(61)82-70)73-64(39-49)57-25-11-9-23-55(57)56-24-10-12-26-58(56)65-40-51(76(6,7)8)41-68-74(65)79(73)45-78(68)52-21-18-22-53(43-52)81-54-32-33-60-59-27-13-15-29-66(59)80(67(60)44-54)71-42-50(35-36-77-71)75(3,4)5/h9-44H,1-8H3/i1D3,2D3. The molecule has 0 saturated carbocycles. The molecule has 0 unspecified atom stereocenters. The average molecular weight is 1070 g/mol. The van der Waals surface area contributed by atoms with Crippen LogP contribution < -0.4 is 9.30 Å². The zero-order chi connectivity index (χ0) is 60.8. The van der Waals surface area contributed by atoms with Gasteiger partial charge in [-0.05, 0) is 187 Å². The van der Waals surface area contributed by atoms with Crippen molar-refractivity contribution in [2.24, 2.45) is 0 Å². The van der Waals surface area contributed by atoms with Crippen molar-refractivity contribution < 1.29 is 21.9 Å². The molecule has 14 aromatic rings.